The second-order valence-corrected chi connectivity index (χ2v) is 10.8. The minimum Gasteiger partial charge on any atom is -0.453 e. The number of hydrogen-bond donors (Lipinski definition) is 2. The van der Waals surface area contributed by atoms with Crippen LogP contribution in [0.5, 0.6) is 0 Å². The highest BCUT2D eigenvalue weighted by atomic mass is 35.5. The molecule has 3 fully saturated rings. The summed E-state index contributed by atoms with van der Waals surface area (Å²) >= 11 is 12.1. The molecule has 0 aromatic heterocycles. The Morgan fingerprint density at radius 3 is 2.08 bits per heavy atom. The molecule has 0 saturated carbocycles. The van der Waals surface area contributed by atoms with Gasteiger partial charge in [-0.3, -0.25) is 4.79 Å². The summed E-state index contributed by atoms with van der Waals surface area (Å²) in [5, 5.41) is 15.5. The number of fused-ring (bicyclic) bond motifs is 3. The number of amides is 1. The maximum absolute atomic E-state index is 13.7. The lowest BCUT2D eigenvalue weighted by Crippen LogP contribution is -2.66. The predicted molar refractivity (Wildman–Crippen MR) is 143 cm³/mol. The van der Waals surface area contributed by atoms with Crippen molar-refractivity contribution >= 4 is 40.8 Å². The molecule has 2 bridgehead atoms. The summed E-state index contributed by atoms with van der Waals surface area (Å²) in [7, 11) is 0. The molecule has 1 amide bonds. The number of piperidine rings is 3. The van der Waals surface area contributed by atoms with Gasteiger partial charge in [-0.25, -0.2) is 4.79 Å². The molecule has 3 saturated heterocycles. The Morgan fingerprint density at radius 1 is 0.919 bits per heavy atom. The van der Waals surface area contributed by atoms with Gasteiger partial charge in [-0.2, -0.15) is 0 Å². The average Bonchev–Trinajstić information content (AvgIpc) is 2.91. The molecule has 3 aromatic rings. The number of carbonyl (C=O) groups excluding carboxylic acids is 2. The number of rotatable bonds is 7. The van der Waals surface area contributed by atoms with Gasteiger partial charge in [-0.1, -0.05) is 83.9 Å². The fourth-order valence-corrected chi connectivity index (χ4v) is 5.94. The van der Waals surface area contributed by atoms with E-state index in [1.54, 1.807) is 66.7 Å². The lowest BCUT2D eigenvalue weighted by atomic mass is 9.82. The van der Waals surface area contributed by atoms with E-state index in [-0.39, 0.29) is 24.5 Å². The molecule has 6 rings (SSSR count). The third-order valence-electron chi connectivity index (χ3n) is 7.66. The largest absolute Gasteiger partial charge is 0.453 e. The van der Waals surface area contributed by atoms with Gasteiger partial charge in [0, 0.05) is 24.4 Å². The van der Waals surface area contributed by atoms with Crippen LogP contribution in [0, 0.1) is 5.92 Å². The van der Waals surface area contributed by atoms with Crippen molar-refractivity contribution in [3.63, 3.8) is 0 Å². The van der Waals surface area contributed by atoms with Crippen LogP contribution in [0.3, 0.4) is 0 Å². The fourth-order valence-electron chi connectivity index (χ4n) is 5.64. The van der Waals surface area contributed by atoms with E-state index in [1.165, 1.54) is 0 Å². The van der Waals surface area contributed by atoms with Gasteiger partial charge in [0.05, 0.1) is 23.1 Å². The molecular formula is C29H29Cl2N2O4+. The van der Waals surface area contributed by atoms with Crippen molar-refractivity contribution in [2.75, 3.05) is 31.5 Å². The Bertz CT molecular complexity index is 1240. The summed E-state index contributed by atoms with van der Waals surface area (Å²) in [5.41, 5.74) is -0.428. The van der Waals surface area contributed by atoms with E-state index in [9.17, 15) is 14.7 Å². The molecule has 3 heterocycles. The molecule has 1 atom stereocenters. The van der Waals surface area contributed by atoms with Gasteiger partial charge in [-0.15, -0.1) is 0 Å². The highest BCUT2D eigenvalue weighted by Gasteiger charge is 2.51. The van der Waals surface area contributed by atoms with Crippen LogP contribution in [0.1, 0.15) is 24.0 Å². The summed E-state index contributed by atoms with van der Waals surface area (Å²) < 4.78 is 6.62. The number of benzene rings is 3. The molecule has 3 aliphatic heterocycles. The number of nitrogens with zero attached hydrogens (tertiary/aromatic N) is 1. The second kappa shape index (κ2) is 10.5. The summed E-state index contributed by atoms with van der Waals surface area (Å²) in [4.78, 5) is 26.6. The van der Waals surface area contributed by atoms with Crippen molar-refractivity contribution in [1.82, 2.24) is 0 Å². The summed E-state index contributed by atoms with van der Waals surface area (Å²) in [5.74, 6) is -0.617. The van der Waals surface area contributed by atoms with Crippen molar-refractivity contribution in [1.29, 1.82) is 0 Å². The van der Waals surface area contributed by atoms with Crippen LogP contribution < -0.4 is 5.32 Å². The standard InChI is InChI=1S/C29H28Cl2N2O4/c30-24-12-11-23(17-25(24)31)32-27(34)19-33-15-13-20(14-16-33)26(18-33)37-28(35)29(36,21-7-3-1-4-8-21)22-9-5-2-6-10-22/h1-12,17,20,26,36H,13-16,18-19H2/p+1/t20?,26-,33?/m0/s1. The highest BCUT2D eigenvalue weighted by Crippen LogP contribution is 2.38. The van der Waals surface area contributed by atoms with E-state index in [0.717, 1.165) is 25.9 Å². The first-order valence-corrected chi connectivity index (χ1v) is 13.2. The van der Waals surface area contributed by atoms with Crippen LogP contribution in [0.4, 0.5) is 5.69 Å². The summed E-state index contributed by atoms with van der Waals surface area (Å²) in [6, 6.07) is 22.7. The van der Waals surface area contributed by atoms with Gasteiger partial charge in [-0.05, 0) is 29.3 Å². The van der Waals surface area contributed by atoms with Crippen LogP contribution in [0.25, 0.3) is 0 Å². The molecule has 0 radical (unpaired) electrons. The van der Waals surface area contributed by atoms with Crippen LogP contribution in [-0.2, 0) is 19.9 Å². The number of hydrogen-bond acceptors (Lipinski definition) is 4. The zero-order valence-electron chi connectivity index (χ0n) is 20.3. The van der Waals surface area contributed by atoms with E-state index in [1.807, 2.05) is 12.1 Å². The number of aliphatic hydroxyl groups is 1. The third-order valence-corrected chi connectivity index (χ3v) is 8.40. The molecule has 0 aliphatic carbocycles. The van der Waals surface area contributed by atoms with E-state index < -0.39 is 11.6 Å². The number of halogens is 2. The number of quaternary nitrogens is 1. The smallest absolute Gasteiger partial charge is 0.348 e. The van der Waals surface area contributed by atoms with E-state index in [0.29, 0.717) is 37.9 Å². The maximum atomic E-state index is 13.7. The molecule has 3 aromatic carbocycles. The first-order valence-electron chi connectivity index (χ1n) is 12.4. The summed E-state index contributed by atoms with van der Waals surface area (Å²) in [6.07, 6.45) is 1.33. The average molecular weight is 540 g/mol. The fraction of sp³-hybridized carbons (Fsp3) is 0.310. The maximum Gasteiger partial charge on any atom is 0.348 e. The summed E-state index contributed by atoms with van der Waals surface area (Å²) in [6.45, 7) is 2.48. The van der Waals surface area contributed by atoms with E-state index in [4.69, 9.17) is 27.9 Å². The molecule has 8 heteroatoms. The van der Waals surface area contributed by atoms with E-state index >= 15 is 0 Å². The molecule has 2 N–H and O–H groups in total. The van der Waals surface area contributed by atoms with Crippen molar-refractivity contribution in [2.45, 2.75) is 24.5 Å². The van der Waals surface area contributed by atoms with Crippen molar-refractivity contribution in [3.8, 4) is 0 Å². The van der Waals surface area contributed by atoms with E-state index in [2.05, 4.69) is 5.32 Å². The van der Waals surface area contributed by atoms with Crippen molar-refractivity contribution < 1.29 is 23.9 Å². The minimum atomic E-state index is -1.93. The van der Waals surface area contributed by atoms with Gasteiger partial charge in [0.2, 0.25) is 5.60 Å². The van der Waals surface area contributed by atoms with Crippen molar-refractivity contribution in [2.24, 2.45) is 5.92 Å². The first-order chi connectivity index (χ1) is 17.8. The van der Waals surface area contributed by atoms with Gasteiger partial charge >= 0.3 is 5.97 Å². The predicted octanol–water partition coefficient (Wildman–Crippen LogP) is 5.02. The van der Waals surface area contributed by atoms with Crippen LogP contribution in [0.15, 0.2) is 78.9 Å². The highest BCUT2D eigenvalue weighted by molar-refractivity contribution is 6.42. The lowest BCUT2D eigenvalue weighted by Gasteiger charge is -2.51. The molecule has 0 spiro atoms. The van der Waals surface area contributed by atoms with Gasteiger partial charge in [0.1, 0.15) is 6.54 Å². The first kappa shape index (κ1) is 25.7. The Morgan fingerprint density at radius 2 is 1.51 bits per heavy atom. The van der Waals surface area contributed by atoms with Crippen LogP contribution >= 0.6 is 23.2 Å². The lowest BCUT2D eigenvalue weighted by molar-refractivity contribution is -0.939. The Hall–Kier alpha value is -2.90. The number of carbonyl (C=O) groups is 2. The molecule has 37 heavy (non-hydrogen) atoms. The second-order valence-electron chi connectivity index (χ2n) is 10.0. The quantitative estimate of drug-likeness (QED) is 0.326. The molecule has 0 unspecified atom stereocenters. The van der Waals surface area contributed by atoms with Gasteiger partial charge < -0.3 is 19.6 Å². The van der Waals surface area contributed by atoms with Crippen LogP contribution in [0.2, 0.25) is 10.0 Å². The monoisotopic (exact) mass is 539 g/mol. The molecule has 6 nitrogen and oxygen atoms in total. The van der Waals surface area contributed by atoms with Gasteiger partial charge in [0.15, 0.2) is 12.6 Å². The molecule has 3 aliphatic rings. The Labute approximate surface area is 226 Å². The molecular weight excluding hydrogens is 511 g/mol. The topological polar surface area (TPSA) is 75.6 Å². The normalized spacial score (nSPS) is 22.9. The number of anilines is 1. The number of ether oxygens (including phenoxy) is 1. The Balaban J connectivity index is 1.32. The SMILES string of the molecule is O=C(C[N+]12CCC(CC1)[C@@H](OC(=O)C(O)(c1ccccc1)c1ccccc1)C2)Nc1ccc(Cl)c(Cl)c1. The third kappa shape index (κ3) is 5.25. The zero-order chi connectivity index (χ0) is 26.0. The van der Waals surface area contributed by atoms with Crippen molar-refractivity contribution in [3.05, 3.63) is 100 Å². The number of nitrogens with one attached hydrogen (secondary N) is 1. The minimum absolute atomic E-state index is 0.131. The van der Waals surface area contributed by atoms with Gasteiger partial charge in [0.25, 0.3) is 5.91 Å². The Kier molecular flexibility index (Phi) is 7.28. The zero-order valence-corrected chi connectivity index (χ0v) is 21.8. The number of esters is 1. The van der Waals surface area contributed by atoms with Crippen LogP contribution in [-0.4, -0.2) is 53.7 Å². The molecule has 192 valence electrons.